The summed E-state index contributed by atoms with van der Waals surface area (Å²) in [5.74, 6) is 0.114. The smallest absolute Gasteiger partial charge is 0.255 e. The third-order valence-corrected chi connectivity index (χ3v) is 6.09. The molecule has 180 valence electrons. The fraction of sp³-hybridized carbons (Fsp3) is 0.103. The zero-order valence-corrected chi connectivity index (χ0v) is 19.9. The van der Waals surface area contributed by atoms with Crippen molar-refractivity contribution in [1.29, 1.82) is 0 Å². The van der Waals surface area contributed by atoms with Gasteiger partial charge in [-0.25, -0.2) is 4.39 Å². The highest BCUT2D eigenvalue weighted by molar-refractivity contribution is 6.05. The summed E-state index contributed by atoms with van der Waals surface area (Å²) in [6.07, 6.45) is 1.72. The minimum atomic E-state index is -0.426. The number of H-pyrrole nitrogens is 1. The molecule has 2 heterocycles. The lowest BCUT2D eigenvalue weighted by Gasteiger charge is -2.21. The number of ether oxygens (including phenoxy) is 1. The van der Waals surface area contributed by atoms with Crippen molar-refractivity contribution in [1.82, 2.24) is 9.97 Å². The third-order valence-electron chi connectivity index (χ3n) is 6.09. The first-order valence-electron chi connectivity index (χ1n) is 11.5. The number of pyridine rings is 1. The highest BCUT2D eigenvalue weighted by Gasteiger charge is 2.23. The van der Waals surface area contributed by atoms with Gasteiger partial charge in [0.15, 0.2) is 0 Å². The molecule has 0 spiro atoms. The van der Waals surface area contributed by atoms with Crippen molar-refractivity contribution < 1.29 is 13.9 Å². The number of hydrogen-bond acceptors (Lipinski definition) is 4. The molecule has 3 N–H and O–H groups in total. The van der Waals surface area contributed by atoms with Gasteiger partial charge in [0.05, 0.1) is 24.5 Å². The van der Waals surface area contributed by atoms with Gasteiger partial charge in [0.25, 0.3) is 5.91 Å². The fourth-order valence-electron chi connectivity index (χ4n) is 4.32. The zero-order valence-electron chi connectivity index (χ0n) is 19.9. The van der Waals surface area contributed by atoms with E-state index in [1.807, 2.05) is 43.3 Å². The topological polar surface area (TPSA) is 79.0 Å². The number of halogens is 1. The first-order valence-corrected chi connectivity index (χ1v) is 11.5. The van der Waals surface area contributed by atoms with Crippen LogP contribution in [0.1, 0.15) is 33.4 Å². The monoisotopic (exact) mass is 480 g/mol. The molecule has 0 saturated heterocycles. The predicted molar refractivity (Wildman–Crippen MR) is 140 cm³/mol. The Morgan fingerprint density at radius 2 is 1.78 bits per heavy atom. The number of benzene rings is 3. The van der Waals surface area contributed by atoms with Gasteiger partial charge in [0.1, 0.15) is 11.6 Å². The molecule has 36 heavy (non-hydrogen) atoms. The van der Waals surface area contributed by atoms with E-state index in [0.29, 0.717) is 22.7 Å². The number of para-hydroxylation sites is 1. The van der Waals surface area contributed by atoms with Crippen molar-refractivity contribution in [3.8, 4) is 5.75 Å². The second-order valence-corrected chi connectivity index (χ2v) is 8.42. The van der Waals surface area contributed by atoms with Crippen molar-refractivity contribution in [3.05, 3.63) is 119 Å². The van der Waals surface area contributed by atoms with E-state index in [2.05, 4.69) is 20.6 Å². The summed E-state index contributed by atoms with van der Waals surface area (Å²) in [4.78, 5) is 20.8. The normalized spacial score (nSPS) is 11.8. The Labute approximate surface area is 208 Å². The average molecular weight is 481 g/mol. The fourth-order valence-corrected chi connectivity index (χ4v) is 4.32. The van der Waals surface area contributed by atoms with Gasteiger partial charge >= 0.3 is 0 Å². The molecule has 3 aromatic carbocycles. The summed E-state index contributed by atoms with van der Waals surface area (Å²) in [5.41, 5.74) is 5.04. The van der Waals surface area contributed by atoms with E-state index in [4.69, 9.17) is 4.74 Å². The Kier molecular flexibility index (Phi) is 6.36. The Morgan fingerprint density at radius 3 is 2.50 bits per heavy atom. The highest BCUT2D eigenvalue weighted by atomic mass is 19.1. The number of nitrogens with zero attached hydrogens (tertiary/aromatic N) is 1. The summed E-state index contributed by atoms with van der Waals surface area (Å²) < 4.78 is 19.8. The highest BCUT2D eigenvalue weighted by Crippen LogP contribution is 2.35. The number of hydrogen-bond donors (Lipinski definition) is 3. The van der Waals surface area contributed by atoms with Crippen LogP contribution in [-0.2, 0) is 0 Å². The Balaban J connectivity index is 1.54. The SMILES string of the molecule is COc1ccc(C(=O)Nc2ccc3[nH]c(C)c([C@H](Nc4ccccc4F)c4ccccn4)c3c2)cc1. The van der Waals surface area contributed by atoms with E-state index in [9.17, 15) is 9.18 Å². The molecule has 5 aromatic rings. The molecule has 6 nitrogen and oxygen atoms in total. The molecule has 0 aliphatic rings. The maximum atomic E-state index is 14.6. The minimum absolute atomic E-state index is 0.225. The van der Waals surface area contributed by atoms with E-state index in [1.165, 1.54) is 6.07 Å². The van der Waals surface area contributed by atoms with Gasteiger partial charge in [0, 0.05) is 39.6 Å². The number of nitrogens with one attached hydrogen (secondary N) is 3. The Hall–Kier alpha value is -4.65. The maximum Gasteiger partial charge on any atom is 0.255 e. The van der Waals surface area contributed by atoms with E-state index < -0.39 is 6.04 Å². The molecule has 1 atom stereocenters. The second-order valence-electron chi connectivity index (χ2n) is 8.42. The third kappa shape index (κ3) is 4.63. The Bertz CT molecular complexity index is 1510. The standard InChI is InChI=1S/C29H25FN4O2/c1-18-27(28(26-9-5-6-16-31-26)34-25-8-4-3-7-23(25)30)22-17-20(12-15-24(22)32-18)33-29(35)19-10-13-21(36-2)14-11-19/h3-17,28,32,34H,1-2H3,(H,33,35)/t28-/m1/s1. The number of rotatable bonds is 7. The van der Waals surface area contributed by atoms with Gasteiger partial charge in [-0.15, -0.1) is 0 Å². The molecule has 0 bridgehead atoms. The number of amides is 1. The largest absolute Gasteiger partial charge is 0.497 e. The number of aromatic amines is 1. The molecule has 7 heteroatoms. The zero-order chi connectivity index (χ0) is 25.1. The minimum Gasteiger partial charge on any atom is -0.497 e. The van der Waals surface area contributed by atoms with Gasteiger partial charge in [0.2, 0.25) is 0 Å². The molecule has 0 aliphatic heterocycles. The first kappa shape index (κ1) is 23.1. The van der Waals surface area contributed by atoms with Crippen LogP contribution in [0.15, 0.2) is 91.1 Å². The molecule has 0 saturated carbocycles. The van der Waals surface area contributed by atoms with E-state index >= 15 is 0 Å². The van der Waals surface area contributed by atoms with Crippen LogP contribution in [0, 0.1) is 12.7 Å². The van der Waals surface area contributed by atoms with Gasteiger partial charge in [-0.3, -0.25) is 9.78 Å². The Morgan fingerprint density at radius 1 is 1.00 bits per heavy atom. The van der Waals surface area contributed by atoms with Crippen LogP contribution in [-0.4, -0.2) is 23.0 Å². The van der Waals surface area contributed by atoms with Crippen molar-refractivity contribution in [2.24, 2.45) is 0 Å². The number of anilines is 2. The second kappa shape index (κ2) is 9.92. The molecular formula is C29H25FN4O2. The van der Waals surface area contributed by atoms with Crippen molar-refractivity contribution in [2.75, 3.05) is 17.7 Å². The van der Waals surface area contributed by atoms with Crippen LogP contribution in [0.3, 0.4) is 0 Å². The maximum absolute atomic E-state index is 14.6. The van der Waals surface area contributed by atoms with Crippen molar-refractivity contribution in [3.63, 3.8) is 0 Å². The summed E-state index contributed by atoms with van der Waals surface area (Å²) in [5, 5.41) is 7.21. The van der Waals surface area contributed by atoms with Crippen LogP contribution in [0.2, 0.25) is 0 Å². The number of aromatic nitrogens is 2. The van der Waals surface area contributed by atoms with Crippen molar-refractivity contribution >= 4 is 28.2 Å². The summed E-state index contributed by atoms with van der Waals surface area (Å²) in [6, 6.07) is 24.4. The number of methoxy groups -OCH3 is 1. The van der Waals surface area contributed by atoms with Crippen LogP contribution < -0.4 is 15.4 Å². The molecule has 0 radical (unpaired) electrons. The molecule has 2 aromatic heterocycles. The van der Waals surface area contributed by atoms with Crippen LogP contribution >= 0.6 is 0 Å². The number of carbonyl (C=O) groups excluding carboxylic acids is 1. The number of carbonyl (C=O) groups is 1. The van der Waals surface area contributed by atoms with Crippen LogP contribution in [0.25, 0.3) is 10.9 Å². The molecule has 5 rings (SSSR count). The van der Waals surface area contributed by atoms with Gasteiger partial charge in [-0.2, -0.15) is 0 Å². The van der Waals surface area contributed by atoms with Crippen LogP contribution in [0.5, 0.6) is 5.75 Å². The van der Waals surface area contributed by atoms with E-state index in [-0.39, 0.29) is 11.7 Å². The molecule has 0 unspecified atom stereocenters. The van der Waals surface area contributed by atoms with Gasteiger partial charge < -0.3 is 20.4 Å². The van der Waals surface area contributed by atoms with Gasteiger partial charge in [-0.1, -0.05) is 18.2 Å². The predicted octanol–water partition coefficient (Wildman–Crippen LogP) is 6.47. The quantitative estimate of drug-likeness (QED) is 0.249. The number of aryl methyl sites for hydroxylation is 1. The summed E-state index contributed by atoms with van der Waals surface area (Å²) in [7, 11) is 1.58. The molecule has 0 fully saturated rings. The molecule has 1 amide bonds. The van der Waals surface area contributed by atoms with Gasteiger partial charge in [-0.05, 0) is 73.7 Å². The van der Waals surface area contributed by atoms with E-state index in [1.54, 1.807) is 55.8 Å². The van der Waals surface area contributed by atoms with E-state index in [0.717, 1.165) is 27.9 Å². The average Bonchev–Trinajstić information content (AvgIpc) is 3.23. The summed E-state index contributed by atoms with van der Waals surface area (Å²) in [6.45, 7) is 1.98. The van der Waals surface area contributed by atoms with Crippen molar-refractivity contribution in [2.45, 2.75) is 13.0 Å². The lowest BCUT2D eigenvalue weighted by Crippen LogP contribution is -2.15. The lowest BCUT2D eigenvalue weighted by molar-refractivity contribution is 0.102. The molecular weight excluding hydrogens is 455 g/mol. The summed E-state index contributed by atoms with van der Waals surface area (Å²) >= 11 is 0. The lowest BCUT2D eigenvalue weighted by atomic mass is 9.98. The first-order chi connectivity index (χ1) is 17.5. The number of fused-ring (bicyclic) bond motifs is 1. The van der Waals surface area contributed by atoms with Crippen LogP contribution in [0.4, 0.5) is 15.8 Å². The molecule has 0 aliphatic carbocycles.